The van der Waals surface area contributed by atoms with Gasteiger partial charge >= 0.3 is 0 Å². The molecule has 0 aliphatic rings. The zero-order valence-electron chi connectivity index (χ0n) is 12.8. The molecule has 23 heavy (non-hydrogen) atoms. The molecule has 0 bridgehead atoms. The molecule has 1 aromatic heterocycles. The van der Waals surface area contributed by atoms with Gasteiger partial charge in [0, 0.05) is 28.5 Å². The lowest BCUT2D eigenvalue weighted by atomic mass is 10.1. The van der Waals surface area contributed by atoms with E-state index in [4.69, 9.17) is 10.5 Å². The van der Waals surface area contributed by atoms with E-state index in [1.807, 2.05) is 30.3 Å². The molecule has 2 atom stereocenters. The van der Waals surface area contributed by atoms with Crippen LogP contribution in [-0.4, -0.2) is 29.8 Å². The van der Waals surface area contributed by atoms with Gasteiger partial charge in [-0.15, -0.1) is 11.8 Å². The monoisotopic (exact) mass is 329 g/mol. The molecule has 6 heteroatoms. The summed E-state index contributed by atoms with van der Waals surface area (Å²) in [4.78, 5) is 4.85. The van der Waals surface area contributed by atoms with Gasteiger partial charge in [0.1, 0.15) is 6.07 Å². The molecule has 2 aromatic rings. The first-order valence-electron chi connectivity index (χ1n) is 7.20. The molecule has 0 spiro atoms. The van der Waals surface area contributed by atoms with Crippen LogP contribution in [0.1, 0.15) is 22.8 Å². The quantitative estimate of drug-likeness (QED) is 0.758. The van der Waals surface area contributed by atoms with Crippen molar-refractivity contribution >= 4 is 11.8 Å². The Hall–Kier alpha value is -2.07. The van der Waals surface area contributed by atoms with Gasteiger partial charge in [-0.1, -0.05) is 30.3 Å². The molecule has 5 nitrogen and oxygen atoms in total. The largest absolute Gasteiger partial charge is 0.481 e. The fraction of sp³-hybridized carbons (Fsp3) is 0.294. The average Bonchev–Trinajstić information content (AvgIpc) is 2.61. The van der Waals surface area contributed by atoms with E-state index in [9.17, 15) is 10.4 Å². The molecule has 0 saturated heterocycles. The van der Waals surface area contributed by atoms with E-state index in [1.165, 1.54) is 18.0 Å². The maximum absolute atomic E-state index is 9.28. The number of nitriles is 1. The van der Waals surface area contributed by atoms with Crippen LogP contribution in [0.25, 0.3) is 0 Å². The van der Waals surface area contributed by atoms with Gasteiger partial charge in [0.2, 0.25) is 5.88 Å². The number of ether oxygens (including phenoxy) is 1. The van der Waals surface area contributed by atoms with Crippen LogP contribution in [0.4, 0.5) is 0 Å². The highest BCUT2D eigenvalue weighted by Crippen LogP contribution is 2.40. The van der Waals surface area contributed by atoms with Crippen molar-refractivity contribution in [3.05, 3.63) is 53.7 Å². The molecule has 0 fully saturated rings. The second-order valence-corrected chi connectivity index (χ2v) is 6.27. The Morgan fingerprint density at radius 2 is 2.13 bits per heavy atom. The highest BCUT2D eigenvalue weighted by Gasteiger charge is 2.19. The Kier molecular flexibility index (Phi) is 6.41. The third kappa shape index (κ3) is 4.70. The first kappa shape index (κ1) is 17.3. The smallest absolute Gasteiger partial charge is 0.214 e. The summed E-state index contributed by atoms with van der Waals surface area (Å²) in [5.41, 5.74) is 7.52. The van der Waals surface area contributed by atoms with E-state index in [-0.39, 0.29) is 17.9 Å². The minimum absolute atomic E-state index is 0.0255. The summed E-state index contributed by atoms with van der Waals surface area (Å²) in [5.74, 6) is 0.463. The first-order valence-corrected chi connectivity index (χ1v) is 8.08. The Morgan fingerprint density at radius 3 is 2.74 bits per heavy atom. The topological polar surface area (TPSA) is 92.2 Å². The molecule has 3 N–H and O–H groups in total. The zero-order valence-corrected chi connectivity index (χ0v) is 13.7. The Bertz CT molecular complexity index is 673. The predicted molar refractivity (Wildman–Crippen MR) is 90.2 cm³/mol. The minimum Gasteiger partial charge on any atom is -0.481 e. The summed E-state index contributed by atoms with van der Waals surface area (Å²) in [6, 6.07) is 13.5. The van der Waals surface area contributed by atoms with Gasteiger partial charge in [-0.25, -0.2) is 4.98 Å². The fourth-order valence-corrected chi connectivity index (χ4v) is 3.47. The molecule has 2 rings (SSSR count). The summed E-state index contributed by atoms with van der Waals surface area (Å²) < 4.78 is 5.15. The Labute approximate surface area is 140 Å². The number of pyridine rings is 1. The van der Waals surface area contributed by atoms with Crippen molar-refractivity contribution in [2.45, 2.75) is 22.6 Å². The molecule has 1 heterocycles. The second-order valence-electron chi connectivity index (χ2n) is 5.03. The number of nitrogens with two attached hydrogens (primary N) is 1. The summed E-state index contributed by atoms with van der Waals surface area (Å²) in [7, 11) is 1.54. The van der Waals surface area contributed by atoms with Crippen molar-refractivity contribution in [1.82, 2.24) is 4.98 Å². The van der Waals surface area contributed by atoms with Crippen molar-refractivity contribution in [3.63, 3.8) is 0 Å². The van der Waals surface area contributed by atoms with E-state index in [1.54, 1.807) is 13.2 Å². The number of benzene rings is 1. The van der Waals surface area contributed by atoms with Crippen molar-refractivity contribution in [2.75, 3.05) is 13.7 Å². The standard InChI is InChI=1S/C17H19N3O2S/c1-22-17-8-16(13(9-18)10-20-17)23-15(7-14(19)11-21)12-5-3-2-4-6-12/h2-6,8,10,14-15,21H,7,11,19H2,1H3. The van der Waals surface area contributed by atoms with Gasteiger partial charge in [-0.3, -0.25) is 0 Å². The van der Waals surface area contributed by atoms with Crippen LogP contribution >= 0.6 is 11.8 Å². The third-order valence-electron chi connectivity index (χ3n) is 3.36. The van der Waals surface area contributed by atoms with E-state index in [0.29, 0.717) is 17.9 Å². The predicted octanol–water partition coefficient (Wildman–Crippen LogP) is 2.50. The third-order valence-corrected chi connectivity index (χ3v) is 4.70. The van der Waals surface area contributed by atoms with Crippen LogP contribution in [0, 0.1) is 11.3 Å². The van der Waals surface area contributed by atoms with Crippen molar-refractivity contribution in [3.8, 4) is 11.9 Å². The molecule has 120 valence electrons. The van der Waals surface area contributed by atoms with Crippen LogP contribution in [0.2, 0.25) is 0 Å². The van der Waals surface area contributed by atoms with Gasteiger partial charge in [0.25, 0.3) is 0 Å². The lowest BCUT2D eigenvalue weighted by Crippen LogP contribution is -2.26. The van der Waals surface area contributed by atoms with E-state index < -0.39 is 0 Å². The van der Waals surface area contributed by atoms with Crippen LogP contribution in [-0.2, 0) is 0 Å². The summed E-state index contributed by atoms with van der Waals surface area (Å²) in [6.45, 7) is -0.0747. The molecule has 0 radical (unpaired) electrons. The molecule has 1 aromatic carbocycles. The van der Waals surface area contributed by atoms with Crippen molar-refractivity contribution in [2.24, 2.45) is 5.73 Å². The molecule has 0 aliphatic heterocycles. The van der Waals surface area contributed by atoms with E-state index in [2.05, 4.69) is 11.1 Å². The van der Waals surface area contributed by atoms with Gasteiger partial charge in [-0.2, -0.15) is 5.26 Å². The lowest BCUT2D eigenvalue weighted by molar-refractivity contribution is 0.259. The van der Waals surface area contributed by atoms with Crippen LogP contribution < -0.4 is 10.5 Å². The van der Waals surface area contributed by atoms with E-state index >= 15 is 0 Å². The Balaban J connectivity index is 2.32. The van der Waals surface area contributed by atoms with Crippen LogP contribution in [0.3, 0.4) is 0 Å². The van der Waals surface area contributed by atoms with Crippen LogP contribution in [0.5, 0.6) is 5.88 Å². The average molecular weight is 329 g/mol. The number of thioether (sulfide) groups is 1. The molecule has 2 unspecified atom stereocenters. The molecule has 0 amide bonds. The molecule has 0 saturated carbocycles. The number of nitrogens with zero attached hydrogens (tertiary/aromatic N) is 2. The Morgan fingerprint density at radius 1 is 1.39 bits per heavy atom. The number of aliphatic hydroxyl groups is 1. The number of hydrogen-bond acceptors (Lipinski definition) is 6. The molecule has 0 aliphatic carbocycles. The summed E-state index contributed by atoms with van der Waals surface area (Å²) in [5, 5.41) is 18.6. The summed E-state index contributed by atoms with van der Waals surface area (Å²) in [6.07, 6.45) is 2.11. The highest BCUT2D eigenvalue weighted by atomic mass is 32.2. The first-order chi connectivity index (χ1) is 11.2. The maximum atomic E-state index is 9.28. The number of hydrogen-bond donors (Lipinski definition) is 2. The van der Waals surface area contributed by atoms with Crippen LogP contribution in [0.15, 0.2) is 47.5 Å². The van der Waals surface area contributed by atoms with Gasteiger partial charge in [0.15, 0.2) is 0 Å². The lowest BCUT2D eigenvalue weighted by Gasteiger charge is -2.20. The number of rotatable bonds is 7. The van der Waals surface area contributed by atoms with Gasteiger partial charge < -0.3 is 15.6 Å². The van der Waals surface area contributed by atoms with Gasteiger partial charge in [0.05, 0.1) is 19.3 Å². The van der Waals surface area contributed by atoms with Crippen molar-refractivity contribution < 1.29 is 9.84 Å². The number of aliphatic hydroxyl groups excluding tert-OH is 1. The highest BCUT2D eigenvalue weighted by molar-refractivity contribution is 7.99. The summed E-state index contributed by atoms with van der Waals surface area (Å²) >= 11 is 1.53. The minimum atomic E-state index is -0.318. The maximum Gasteiger partial charge on any atom is 0.214 e. The number of aromatic nitrogens is 1. The molecular formula is C17H19N3O2S. The SMILES string of the molecule is COc1cc(SC(CC(N)CO)c2ccccc2)c(C#N)cn1. The van der Waals surface area contributed by atoms with Gasteiger partial charge in [-0.05, 0) is 12.0 Å². The van der Waals surface area contributed by atoms with Crippen molar-refractivity contribution in [1.29, 1.82) is 5.26 Å². The second kappa shape index (κ2) is 8.53. The van der Waals surface area contributed by atoms with E-state index in [0.717, 1.165) is 10.5 Å². The molecular weight excluding hydrogens is 310 g/mol. The normalized spacial score (nSPS) is 13.1. The fourth-order valence-electron chi connectivity index (χ4n) is 2.13. The zero-order chi connectivity index (χ0) is 16.7. The number of methoxy groups -OCH3 is 1.